The summed E-state index contributed by atoms with van der Waals surface area (Å²) in [6.45, 7) is 10.3. The molecule has 0 fully saturated rings. The number of carbonyl (C=O) groups is 4. The molecule has 5 heteroatoms. The highest BCUT2D eigenvalue weighted by Gasteiger charge is 2.44. The molecule has 0 radical (unpaired) electrons. The van der Waals surface area contributed by atoms with Crippen LogP contribution >= 0.6 is 0 Å². The molecule has 0 saturated carbocycles. The van der Waals surface area contributed by atoms with Crippen molar-refractivity contribution in [3.05, 3.63) is 137 Å². The van der Waals surface area contributed by atoms with E-state index in [0.29, 0.717) is 5.75 Å². The van der Waals surface area contributed by atoms with Gasteiger partial charge >= 0.3 is 0 Å². The van der Waals surface area contributed by atoms with Gasteiger partial charge in [-0.3, -0.25) is 19.2 Å². The number of carbonyl (C=O) groups excluding carboxylic acids is 4. The van der Waals surface area contributed by atoms with Crippen LogP contribution in [0.25, 0.3) is 0 Å². The van der Waals surface area contributed by atoms with Crippen molar-refractivity contribution >= 4 is 23.1 Å². The molecule has 0 aliphatic carbocycles. The minimum Gasteiger partial charge on any atom is -0.497 e. The minimum atomic E-state index is -1.58. The van der Waals surface area contributed by atoms with E-state index in [-0.39, 0.29) is 33.6 Å². The van der Waals surface area contributed by atoms with Crippen molar-refractivity contribution < 1.29 is 23.9 Å². The SMILES string of the molecule is COc1ccc(C(=O)C(C(=O)c2ccc(C(C)(C)C)cc2)C(C(=O)c2ccccc2)C(=O)c2ccc(C(C)C)cc2)cc1. The van der Waals surface area contributed by atoms with Crippen LogP contribution in [0.15, 0.2) is 103 Å². The summed E-state index contributed by atoms with van der Waals surface area (Å²) in [4.78, 5) is 57.1. The van der Waals surface area contributed by atoms with Crippen LogP contribution in [-0.4, -0.2) is 30.2 Å². The lowest BCUT2D eigenvalue weighted by Crippen LogP contribution is -2.41. The highest BCUT2D eigenvalue weighted by Crippen LogP contribution is 2.31. The maximum Gasteiger partial charge on any atom is 0.174 e. The van der Waals surface area contributed by atoms with Crippen molar-refractivity contribution in [1.82, 2.24) is 0 Å². The van der Waals surface area contributed by atoms with E-state index in [1.54, 1.807) is 78.9 Å². The Kier molecular flexibility index (Phi) is 9.55. The normalized spacial score (nSPS) is 12.8. The standard InChI is InChI=1S/C38H38O5/c1-24(2)25-12-14-27(15-13-25)35(40)32(34(39)26-10-8-7-9-11-26)33(37(42)29-18-22-31(43-6)23-19-29)36(41)28-16-20-30(21-17-28)38(3,4)5/h7-24,32-33H,1-6H3. The summed E-state index contributed by atoms with van der Waals surface area (Å²) in [7, 11) is 1.52. The molecule has 0 heterocycles. The number of ether oxygens (including phenoxy) is 1. The van der Waals surface area contributed by atoms with Gasteiger partial charge in [0.1, 0.15) is 17.6 Å². The first-order chi connectivity index (χ1) is 20.4. The molecule has 0 aromatic heterocycles. The number of Topliss-reactive ketones (excluding diaryl/α,β-unsaturated/α-hetero) is 4. The van der Waals surface area contributed by atoms with Gasteiger partial charge in [0.05, 0.1) is 7.11 Å². The van der Waals surface area contributed by atoms with E-state index >= 15 is 0 Å². The predicted octanol–water partition coefficient (Wildman–Crippen LogP) is 8.18. The Balaban J connectivity index is 1.89. The minimum absolute atomic E-state index is 0.149. The van der Waals surface area contributed by atoms with Gasteiger partial charge in [0.2, 0.25) is 0 Å². The topological polar surface area (TPSA) is 77.5 Å². The summed E-state index contributed by atoms with van der Waals surface area (Å²) in [5.41, 5.74) is 2.88. The Morgan fingerprint density at radius 1 is 0.535 bits per heavy atom. The van der Waals surface area contributed by atoms with Gasteiger partial charge in [-0.05, 0) is 46.7 Å². The van der Waals surface area contributed by atoms with Gasteiger partial charge in [-0.25, -0.2) is 0 Å². The lowest BCUT2D eigenvalue weighted by molar-refractivity contribution is 0.0625. The lowest BCUT2D eigenvalue weighted by Gasteiger charge is -2.25. The molecule has 2 atom stereocenters. The molecule has 4 aromatic carbocycles. The van der Waals surface area contributed by atoms with E-state index in [2.05, 4.69) is 20.8 Å². The molecule has 0 saturated heterocycles. The monoisotopic (exact) mass is 574 g/mol. The number of ketones is 4. The Morgan fingerprint density at radius 3 is 1.28 bits per heavy atom. The van der Waals surface area contributed by atoms with Crippen molar-refractivity contribution in [3.63, 3.8) is 0 Å². The Labute approximate surface area is 253 Å². The fourth-order valence-electron chi connectivity index (χ4n) is 5.09. The second-order valence-electron chi connectivity index (χ2n) is 12.1. The van der Waals surface area contributed by atoms with Crippen molar-refractivity contribution in [3.8, 4) is 5.75 Å². The van der Waals surface area contributed by atoms with Gasteiger partial charge in [-0.2, -0.15) is 0 Å². The van der Waals surface area contributed by atoms with E-state index in [9.17, 15) is 19.2 Å². The average Bonchev–Trinajstić information content (AvgIpc) is 3.02. The summed E-state index contributed by atoms with van der Waals surface area (Å²) < 4.78 is 5.24. The highest BCUT2D eigenvalue weighted by molar-refractivity contribution is 6.26. The first-order valence-electron chi connectivity index (χ1n) is 14.5. The zero-order valence-corrected chi connectivity index (χ0v) is 25.6. The van der Waals surface area contributed by atoms with Crippen molar-refractivity contribution in [2.45, 2.75) is 46.0 Å². The fraction of sp³-hybridized carbons (Fsp3) is 0.263. The average molecular weight is 575 g/mol. The molecule has 0 aliphatic rings. The first-order valence-corrected chi connectivity index (χ1v) is 14.5. The molecule has 2 unspecified atom stereocenters. The molecule has 43 heavy (non-hydrogen) atoms. The molecule has 220 valence electrons. The van der Waals surface area contributed by atoms with Gasteiger partial charge in [-0.1, -0.05) is 113 Å². The third kappa shape index (κ3) is 7.06. The number of hydrogen-bond donors (Lipinski definition) is 0. The Morgan fingerprint density at radius 2 is 0.907 bits per heavy atom. The third-order valence-corrected chi connectivity index (χ3v) is 7.79. The summed E-state index contributed by atoms with van der Waals surface area (Å²) in [5, 5.41) is 0. The van der Waals surface area contributed by atoms with Gasteiger partial charge < -0.3 is 4.74 Å². The van der Waals surface area contributed by atoms with Crippen LogP contribution < -0.4 is 4.74 Å². The van der Waals surface area contributed by atoms with Crippen LogP contribution in [0.4, 0.5) is 0 Å². The summed E-state index contributed by atoms with van der Waals surface area (Å²) >= 11 is 0. The van der Waals surface area contributed by atoms with Crippen molar-refractivity contribution in [2.24, 2.45) is 11.8 Å². The van der Waals surface area contributed by atoms with Crippen LogP contribution in [0.5, 0.6) is 5.75 Å². The predicted molar refractivity (Wildman–Crippen MR) is 169 cm³/mol. The largest absolute Gasteiger partial charge is 0.497 e. The van der Waals surface area contributed by atoms with E-state index in [1.807, 2.05) is 38.1 Å². The summed E-state index contributed by atoms with van der Waals surface area (Å²) in [6.07, 6.45) is 0. The quantitative estimate of drug-likeness (QED) is 0.133. The molecule has 5 nitrogen and oxygen atoms in total. The maximum absolute atomic E-state index is 14.4. The zero-order valence-electron chi connectivity index (χ0n) is 25.6. The van der Waals surface area contributed by atoms with Crippen molar-refractivity contribution in [1.29, 1.82) is 0 Å². The molecule has 0 N–H and O–H groups in total. The van der Waals surface area contributed by atoms with E-state index in [1.165, 1.54) is 7.11 Å². The second-order valence-corrected chi connectivity index (χ2v) is 12.1. The van der Waals surface area contributed by atoms with Gasteiger partial charge in [0, 0.05) is 22.3 Å². The molecular formula is C38H38O5. The molecule has 0 aliphatic heterocycles. The molecular weight excluding hydrogens is 536 g/mol. The smallest absolute Gasteiger partial charge is 0.174 e. The van der Waals surface area contributed by atoms with Gasteiger partial charge in [0.15, 0.2) is 23.1 Å². The lowest BCUT2D eigenvalue weighted by atomic mass is 9.73. The van der Waals surface area contributed by atoms with Crippen LogP contribution in [0.1, 0.15) is 93.1 Å². The number of methoxy groups -OCH3 is 1. The molecule has 0 spiro atoms. The second kappa shape index (κ2) is 13.1. The molecule has 4 aromatic rings. The van der Waals surface area contributed by atoms with Gasteiger partial charge in [0.25, 0.3) is 0 Å². The Bertz CT molecular complexity index is 1590. The van der Waals surface area contributed by atoms with Crippen LogP contribution in [0, 0.1) is 11.8 Å². The first kappa shape index (κ1) is 31.3. The summed E-state index contributed by atoms with van der Waals surface area (Å²) in [6, 6.07) is 28.7. The molecule has 0 amide bonds. The maximum atomic E-state index is 14.4. The highest BCUT2D eigenvalue weighted by atomic mass is 16.5. The molecule has 0 bridgehead atoms. The molecule has 4 rings (SSSR count). The zero-order chi connectivity index (χ0) is 31.3. The number of hydrogen-bond acceptors (Lipinski definition) is 5. The fourth-order valence-corrected chi connectivity index (χ4v) is 5.09. The number of rotatable bonds is 11. The van der Waals surface area contributed by atoms with E-state index < -0.39 is 35.0 Å². The van der Waals surface area contributed by atoms with E-state index in [4.69, 9.17) is 4.74 Å². The van der Waals surface area contributed by atoms with Crippen LogP contribution in [-0.2, 0) is 5.41 Å². The van der Waals surface area contributed by atoms with Gasteiger partial charge in [-0.15, -0.1) is 0 Å². The third-order valence-electron chi connectivity index (χ3n) is 7.79. The van der Waals surface area contributed by atoms with Crippen molar-refractivity contribution in [2.75, 3.05) is 7.11 Å². The number of benzene rings is 4. The van der Waals surface area contributed by atoms with Crippen LogP contribution in [0.2, 0.25) is 0 Å². The Hall–Kier alpha value is -4.64. The summed E-state index contributed by atoms with van der Waals surface area (Å²) in [5.74, 6) is -4.71. The van der Waals surface area contributed by atoms with E-state index in [0.717, 1.165) is 11.1 Å². The van der Waals surface area contributed by atoms with Crippen LogP contribution in [0.3, 0.4) is 0 Å².